The minimum Gasteiger partial charge on any atom is -0.454 e. The van der Waals surface area contributed by atoms with Crippen LogP contribution in [0.4, 0.5) is 4.79 Å². The standard InChI is InChI=1S/C24H27ClN4O5/c1-32-10-9-29-23(31)28(14-17-3-2-6-26-13-17)22(30)24(29)4-7-27(8-5-24)15-18-11-20-21(12-19(18)25)34-16-33-20/h2-3,6,11-13H,4-5,7-10,14-16H2,1H3. The van der Waals surface area contributed by atoms with E-state index in [1.807, 2.05) is 12.1 Å². The van der Waals surface area contributed by atoms with Gasteiger partial charge in [-0.05, 0) is 36.1 Å². The Balaban J connectivity index is 1.32. The summed E-state index contributed by atoms with van der Waals surface area (Å²) < 4.78 is 16.1. The number of fused-ring (bicyclic) bond motifs is 1. The van der Waals surface area contributed by atoms with E-state index < -0.39 is 5.54 Å². The van der Waals surface area contributed by atoms with Crippen LogP contribution < -0.4 is 9.47 Å². The number of amides is 3. The largest absolute Gasteiger partial charge is 0.454 e. The van der Waals surface area contributed by atoms with E-state index in [0.29, 0.717) is 62.1 Å². The van der Waals surface area contributed by atoms with Gasteiger partial charge >= 0.3 is 6.03 Å². The molecular formula is C24H27ClN4O5. The molecule has 1 aromatic carbocycles. The fourth-order valence-corrected chi connectivity index (χ4v) is 5.19. The number of nitrogens with zero attached hydrogens (tertiary/aromatic N) is 4. The van der Waals surface area contributed by atoms with Gasteiger partial charge in [0.1, 0.15) is 5.54 Å². The lowest BCUT2D eigenvalue weighted by Crippen LogP contribution is -2.57. The molecule has 9 nitrogen and oxygen atoms in total. The predicted octanol–water partition coefficient (Wildman–Crippen LogP) is 2.91. The number of carbonyl (C=O) groups is 2. The number of methoxy groups -OCH3 is 1. The highest BCUT2D eigenvalue weighted by atomic mass is 35.5. The Morgan fingerprint density at radius 1 is 1.15 bits per heavy atom. The topological polar surface area (TPSA) is 84.4 Å². The second-order valence-electron chi connectivity index (χ2n) is 8.78. The highest BCUT2D eigenvalue weighted by molar-refractivity contribution is 6.31. The van der Waals surface area contributed by atoms with Gasteiger partial charge in [-0.1, -0.05) is 17.7 Å². The number of rotatable bonds is 7. The number of hydrogen-bond donors (Lipinski definition) is 0. The normalized spacial score (nSPS) is 19.5. The van der Waals surface area contributed by atoms with Crippen LogP contribution in [0.5, 0.6) is 11.5 Å². The number of piperidine rings is 1. The Kier molecular flexibility index (Phi) is 6.33. The Bertz CT molecular complexity index is 1070. The van der Waals surface area contributed by atoms with Gasteiger partial charge in [0.25, 0.3) is 5.91 Å². The number of urea groups is 1. The number of carbonyl (C=O) groups excluding carboxylic acids is 2. The maximum Gasteiger partial charge on any atom is 0.328 e. The Hall–Kier alpha value is -2.88. The van der Waals surface area contributed by atoms with Crippen molar-refractivity contribution in [3.05, 3.63) is 52.8 Å². The van der Waals surface area contributed by atoms with E-state index in [9.17, 15) is 9.59 Å². The number of halogens is 1. The molecule has 34 heavy (non-hydrogen) atoms. The van der Waals surface area contributed by atoms with Crippen LogP contribution in [0, 0.1) is 0 Å². The second-order valence-corrected chi connectivity index (χ2v) is 9.19. The fourth-order valence-electron chi connectivity index (χ4n) is 4.97. The average molecular weight is 487 g/mol. The summed E-state index contributed by atoms with van der Waals surface area (Å²) in [5.41, 5.74) is 0.917. The van der Waals surface area contributed by atoms with Gasteiger partial charge in [-0.2, -0.15) is 0 Å². The van der Waals surface area contributed by atoms with Crippen LogP contribution in [0.1, 0.15) is 24.0 Å². The zero-order valence-corrected chi connectivity index (χ0v) is 19.8. The molecule has 0 bridgehead atoms. The van der Waals surface area contributed by atoms with Crippen molar-refractivity contribution in [3.8, 4) is 11.5 Å². The molecule has 4 heterocycles. The third-order valence-corrected chi connectivity index (χ3v) is 7.17. The van der Waals surface area contributed by atoms with E-state index in [2.05, 4.69) is 9.88 Å². The van der Waals surface area contributed by atoms with Crippen molar-refractivity contribution in [1.29, 1.82) is 0 Å². The molecule has 0 N–H and O–H groups in total. The van der Waals surface area contributed by atoms with Gasteiger partial charge in [0.15, 0.2) is 11.5 Å². The van der Waals surface area contributed by atoms with Gasteiger partial charge in [-0.25, -0.2) is 4.79 Å². The molecule has 0 aliphatic carbocycles. The smallest absolute Gasteiger partial charge is 0.328 e. The van der Waals surface area contributed by atoms with Gasteiger partial charge in [-0.15, -0.1) is 0 Å². The third-order valence-electron chi connectivity index (χ3n) is 6.82. The van der Waals surface area contributed by atoms with Crippen molar-refractivity contribution in [2.75, 3.05) is 40.1 Å². The molecule has 5 rings (SSSR count). The molecule has 0 saturated carbocycles. The zero-order chi connectivity index (χ0) is 23.7. The van der Waals surface area contributed by atoms with Crippen molar-refractivity contribution < 1.29 is 23.8 Å². The summed E-state index contributed by atoms with van der Waals surface area (Å²) in [5, 5.41) is 0.626. The highest BCUT2D eigenvalue weighted by Crippen LogP contribution is 2.40. The molecule has 0 atom stereocenters. The summed E-state index contributed by atoms with van der Waals surface area (Å²) in [6.45, 7) is 3.11. The molecule has 180 valence electrons. The molecular weight excluding hydrogens is 460 g/mol. The summed E-state index contributed by atoms with van der Waals surface area (Å²) in [6.07, 6.45) is 4.45. The molecule has 0 radical (unpaired) electrons. The maximum absolute atomic E-state index is 13.6. The van der Waals surface area contributed by atoms with Crippen molar-refractivity contribution in [1.82, 2.24) is 19.7 Å². The maximum atomic E-state index is 13.6. The average Bonchev–Trinajstić information content (AvgIpc) is 3.37. The number of hydrogen-bond acceptors (Lipinski definition) is 7. The van der Waals surface area contributed by atoms with Crippen LogP contribution >= 0.6 is 11.6 Å². The third kappa shape index (κ3) is 4.08. The quantitative estimate of drug-likeness (QED) is 0.556. The number of imide groups is 1. The Labute approximate surface area is 203 Å². The summed E-state index contributed by atoms with van der Waals surface area (Å²) in [4.78, 5) is 36.4. The van der Waals surface area contributed by atoms with Crippen molar-refractivity contribution in [2.45, 2.75) is 31.5 Å². The van der Waals surface area contributed by atoms with E-state index in [-0.39, 0.29) is 25.3 Å². The molecule has 0 unspecified atom stereocenters. The Morgan fingerprint density at radius 2 is 1.91 bits per heavy atom. The van der Waals surface area contributed by atoms with E-state index >= 15 is 0 Å². The van der Waals surface area contributed by atoms with E-state index in [1.165, 1.54) is 4.90 Å². The van der Waals surface area contributed by atoms with Crippen LogP contribution in [-0.2, 0) is 22.6 Å². The molecule has 2 saturated heterocycles. The molecule has 3 amide bonds. The van der Waals surface area contributed by atoms with Crippen LogP contribution in [0.3, 0.4) is 0 Å². The lowest BCUT2D eigenvalue weighted by atomic mass is 9.85. The predicted molar refractivity (Wildman–Crippen MR) is 124 cm³/mol. The highest BCUT2D eigenvalue weighted by Gasteiger charge is 2.57. The minimum absolute atomic E-state index is 0.141. The first-order valence-electron chi connectivity index (χ1n) is 11.3. The van der Waals surface area contributed by atoms with Crippen LogP contribution in [0.15, 0.2) is 36.7 Å². The van der Waals surface area contributed by atoms with Crippen LogP contribution in [-0.4, -0.2) is 77.3 Å². The van der Waals surface area contributed by atoms with E-state index in [4.69, 9.17) is 25.8 Å². The number of pyridine rings is 1. The molecule has 3 aliphatic heterocycles. The van der Waals surface area contributed by atoms with Gasteiger partial charge in [0.05, 0.1) is 13.2 Å². The summed E-state index contributed by atoms with van der Waals surface area (Å²) in [7, 11) is 1.60. The van der Waals surface area contributed by atoms with Gasteiger partial charge < -0.3 is 19.1 Å². The number of ether oxygens (including phenoxy) is 3. The van der Waals surface area contributed by atoms with Gasteiger partial charge in [-0.3, -0.25) is 19.6 Å². The summed E-state index contributed by atoms with van der Waals surface area (Å²) in [5.74, 6) is 1.21. The molecule has 1 spiro atoms. The number of benzene rings is 1. The molecule has 1 aromatic heterocycles. The first-order chi connectivity index (χ1) is 16.5. The Morgan fingerprint density at radius 3 is 2.62 bits per heavy atom. The lowest BCUT2D eigenvalue weighted by molar-refractivity contribution is -0.136. The molecule has 2 fully saturated rings. The number of likely N-dealkylation sites (tertiary alicyclic amines) is 1. The lowest BCUT2D eigenvalue weighted by Gasteiger charge is -2.42. The second kappa shape index (κ2) is 9.40. The monoisotopic (exact) mass is 486 g/mol. The summed E-state index contributed by atoms with van der Waals surface area (Å²) in [6, 6.07) is 7.11. The molecule has 10 heteroatoms. The minimum atomic E-state index is -0.854. The number of aromatic nitrogens is 1. The van der Waals surface area contributed by atoms with Gasteiger partial charge in [0, 0.05) is 56.8 Å². The van der Waals surface area contributed by atoms with Crippen molar-refractivity contribution in [2.24, 2.45) is 0 Å². The van der Waals surface area contributed by atoms with Crippen LogP contribution in [0.2, 0.25) is 5.02 Å². The fraction of sp³-hybridized carbons (Fsp3) is 0.458. The van der Waals surface area contributed by atoms with Gasteiger partial charge in [0.2, 0.25) is 6.79 Å². The zero-order valence-electron chi connectivity index (χ0n) is 19.0. The van der Waals surface area contributed by atoms with Crippen LogP contribution in [0.25, 0.3) is 0 Å². The van der Waals surface area contributed by atoms with Crippen molar-refractivity contribution in [3.63, 3.8) is 0 Å². The van der Waals surface area contributed by atoms with E-state index in [1.54, 1.807) is 36.5 Å². The first-order valence-corrected chi connectivity index (χ1v) is 11.7. The molecule has 3 aliphatic rings. The SMILES string of the molecule is COCCN1C(=O)N(Cc2cccnc2)C(=O)C12CCN(Cc1cc3c(cc1Cl)OCO3)CC2. The first kappa shape index (κ1) is 22.9. The van der Waals surface area contributed by atoms with Crippen molar-refractivity contribution >= 4 is 23.5 Å². The molecule has 2 aromatic rings. The van der Waals surface area contributed by atoms with E-state index in [0.717, 1.165) is 11.1 Å². The summed E-state index contributed by atoms with van der Waals surface area (Å²) >= 11 is 6.47.